The topological polar surface area (TPSA) is 78.9 Å². The Kier molecular flexibility index (Phi) is 5.19. The zero-order chi connectivity index (χ0) is 15.2. The minimum Gasteiger partial charge on any atom is -0.453 e. The van der Waals surface area contributed by atoms with Crippen LogP contribution in [0.25, 0.3) is 0 Å². The van der Waals surface area contributed by atoms with Crippen molar-refractivity contribution in [2.45, 2.75) is 18.9 Å². The molecule has 0 saturated carbocycles. The molecule has 0 amide bonds. The van der Waals surface area contributed by atoms with Crippen LogP contribution in [0.5, 0.6) is 0 Å². The fourth-order valence-electron chi connectivity index (χ4n) is 2.20. The molecule has 1 aliphatic rings. The van der Waals surface area contributed by atoms with Crippen molar-refractivity contribution in [2.75, 3.05) is 13.7 Å². The molecule has 2 unspecified atom stereocenters. The van der Waals surface area contributed by atoms with Gasteiger partial charge in [0.1, 0.15) is 0 Å². The second-order valence-corrected chi connectivity index (χ2v) is 4.67. The second kappa shape index (κ2) is 7.10. The average molecular weight is 292 g/mol. The van der Waals surface area contributed by atoms with Crippen molar-refractivity contribution in [3.8, 4) is 0 Å². The van der Waals surface area contributed by atoms with Gasteiger partial charge < -0.3 is 4.74 Å². The van der Waals surface area contributed by atoms with E-state index in [1.54, 1.807) is 24.3 Å². The number of benzene rings is 1. The van der Waals surface area contributed by atoms with Crippen molar-refractivity contribution in [1.82, 2.24) is 0 Å². The molecule has 0 N–H and O–H groups in total. The molecule has 1 aromatic carbocycles. The summed E-state index contributed by atoms with van der Waals surface area (Å²) in [6.07, 6.45) is -0.723. The lowest BCUT2D eigenvalue weighted by molar-refractivity contribution is -0.274. The Morgan fingerprint density at radius 3 is 2.62 bits per heavy atom. The summed E-state index contributed by atoms with van der Waals surface area (Å²) >= 11 is 0. The van der Waals surface area contributed by atoms with Gasteiger partial charge in [-0.1, -0.05) is 30.3 Å². The molecule has 0 aliphatic carbocycles. The summed E-state index contributed by atoms with van der Waals surface area (Å²) < 4.78 is 4.95. The maximum atomic E-state index is 12.1. The highest BCUT2D eigenvalue weighted by Crippen LogP contribution is 2.22. The zero-order valence-electron chi connectivity index (χ0n) is 11.6. The number of hydrogen-bond donors (Lipinski definition) is 0. The van der Waals surface area contributed by atoms with Crippen LogP contribution in [0.3, 0.4) is 0 Å². The number of ketones is 2. The Morgan fingerprint density at radius 1 is 1.24 bits per heavy atom. The van der Waals surface area contributed by atoms with Gasteiger partial charge in [0, 0.05) is 12.8 Å². The van der Waals surface area contributed by atoms with Crippen LogP contribution in [0, 0.1) is 5.92 Å². The third-order valence-corrected chi connectivity index (χ3v) is 3.22. The van der Waals surface area contributed by atoms with Crippen LogP contribution >= 0.6 is 0 Å². The van der Waals surface area contributed by atoms with Gasteiger partial charge in [-0.2, -0.15) is 0 Å². The molecule has 0 radical (unpaired) electrons. The molecule has 0 aromatic heterocycles. The molecule has 0 spiro atoms. The quantitative estimate of drug-likeness (QED) is 0.244. The summed E-state index contributed by atoms with van der Waals surface area (Å²) in [6.45, 7) is 0.111. The number of ether oxygens (including phenoxy) is 1. The Hall–Kier alpha value is -2.05. The predicted molar refractivity (Wildman–Crippen MR) is 71.1 cm³/mol. The van der Waals surface area contributed by atoms with Crippen LogP contribution in [0.2, 0.25) is 0 Å². The maximum Gasteiger partial charge on any atom is 0.325 e. The lowest BCUT2D eigenvalue weighted by Crippen LogP contribution is -2.29. The van der Waals surface area contributed by atoms with Crippen molar-refractivity contribution >= 4 is 17.5 Å². The van der Waals surface area contributed by atoms with E-state index in [1.165, 1.54) is 7.11 Å². The average Bonchev–Trinajstić information content (AvgIpc) is 2.75. The third-order valence-electron chi connectivity index (χ3n) is 3.22. The lowest BCUT2D eigenvalue weighted by Gasteiger charge is -2.06. The molecule has 2 rings (SSSR count). The second-order valence-electron chi connectivity index (χ2n) is 4.67. The predicted octanol–water partition coefficient (Wildman–Crippen LogP) is 0.877. The minimum absolute atomic E-state index is 0.0354. The maximum absolute atomic E-state index is 12.1. The van der Waals surface area contributed by atoms with Crippen LogP contribution in [-0.4, -0.2) is 37.4 Å². The van der Waals surface area contributed by atoms with E-state index < -0.39 is 29.6 Å². The fourth-order valence-corrected chi connectivity index (χ4v) is 2.20. The first-order valence-electron chi connectivity index (χ1n) is 6.60. The molecule has 1 aromatic rings. The van der Waals surface area contributed by atoms with Crippen LogP contribution in [0.15, 0.2) is 30.3 Å². The van der Waals surface area contributed by atoms with E-state index in [0.717, 1.165) is 5.56 Å². The largest absolute Gasteiger partial charge is 0.453 e. The van der Waals surface area contributed by atoms with Gasteiger partial charge in [0.25, 0.3) is 0 Å². The van der Waals surface area contributed by atoms with Crippen molar-refractivity contribution in [2.24, 2.45) is 5.92 Å². The summed E-state index contributed by atoms with van der Waals surface area (Å²) in [6, 6.07) is 8.96. The highest BCUT2D eigenvalue weighted by molar-refractivity contribution is 6.22. The molecule has 1 saturated heterocycles. The monoisotopic (exact) mass is 292 g/mol. The Bertz CT molecular complexity index is 524. The summed E-state index contributed by atoms with van der Waals surface area (Å²) in [5, 5.41) is 0. The number of carbonyl (C=O) groups excluding carboxylic acids is 3. The van der Waals surface area contributed by atoms with Gasteiger partial charge in [-0.15, -0.1) is 0 Å². The van der Waals surface area contributed by atoms with E-state index >= 15 is 0 Å². The first-order chi connectivity index (χ1) is 10.1. The summed E-state index contributed by atoms with van der Waals surface area (Å²) in [5.41, 5.74) is 0.759. The highest BCUT2D eigenvalue weighted by Gasteiger charge is 2.47. The first-order valence-corrected chi connectivity index (χ1v) is 6.60. The zero-order valence-corrected chi connectivity index (χ0v) is 11.6. The van der Waals surface area contributed by atoms with Crippen LogP contribution < -0.4 is 0 Å². The molecule has 1 heterocycles. The molecule has 6 heteroatoms. The Labute approximate surface area is 121 Å². The van der Waals surface area contributed by atoms with Gasteiger partial charge in [-0.3, -0.25) is 14.4 Å². The third kappa shape index (κ3) is 3.74. The molecule has 6 nitrogen and oxygen atoms in total. The minimum atomic E-state index is -1.32. The van der Waals surface area contributed by atoms with Crippen molar-refractivity contribution in [1.29, 1.82) is 0 Å². The van der Waals surface area contributed by atoms with E-state index in [0.29, 0.717) is 0 Å². The molecular weight excluding hydrogens is 276 g/mol. The van der Waals surface area contributed by atoms with Gasteiger partial charge in [-0.25, -0.2) is 9.78 Å². The summed E-state index contributed by atoms with van der Waals surface area (Å²) in [4.78, 5) is 45.0. The number of hydrogen-bond acceptors (Lipinski definition) is 6. The summed E-state index contributed by atoms with van der Waals surface area (Å²) in [5.74, 6) is -3.03. The van der Waals surface area contributed by atoms with E-state index in [1.807, 2.05) is 6.07 Å². The molecule has 1 fully saturated rings. The van der Waals surface area contributed by atoms with Gasteiger partial charge in [0.05, 0.1) is 13.7 Å². The molecule has 0 bridgehead atoms. The van der Waals surface area contributed by atoms with Crippen molar-refractivity contribution < 1.29 is 28.9 Å². The summed E-state index contributed by atoms with van der Waals surface area (Å²) in [7, 11) is 1.34. The van der Waals surface area contributed by atoms with Gasteiger partial charge in [0.2, 0.25) is 0 Å². The molecule has 21 heavy (non-hydrogen) atoms. The molecule has 2 atom stereocenters. The van der Waals surface area contributed by atoms with Gasteiger partial charge in [-0.05, 0) is 5.56 Å². The number of Topliss-reactive ketones (excluding diaryl/α,β-unsaturated/α-hetero) is 2. The van der Waals surface area contributed by atoms with E-state index in [4.69, 9.17) is 4.74 Å². The van der Waals surface area contributed by atoms with Crippen LogP contribution in [0.4, 0.5) is 0 Å². The molecule has 1 aliphatic heterocycles. The smallest absolute Gasteiger partial charge is 0.325 e. The van der Waals surface area contributed by atoms with Crippen LogP contribution in [0.1, 0.15) is 12.0 Å². The first kappa shape index (κ1) is 15.3. The normalized spacial score (nSPS) is 21.4. The number of cyclic esters (lactones) is 1. The van der Waals surface area contributed by atoms with Crippen molar-refractivity contribution in [3.05, 3.63) is 35.9 Å². The Morgan fingerprint density at radius 2 is 1.95 bits per heavy atom. The number of rotatable bonds is 7. The van der Waals surface area contributed by atoms with Crippen LogP contribution in [-0.2, 0) is 35.3 Å². The van der Waals surface area contributed by atoms with Gasteiger partial charge >= 0.3 is 5.97 Å². The Balaban J connectivity index is 1.97. The number of carbonyl (C=O) groups is 3. The molecule has 112 valence electrons. The van der Waals surface area contributed by atoms with E-state index in [9.17, 15) is 14.4 Å². The highest BCUT2D eigenvalue weighted by atomic mass is 17.2. The molecular formula is C15H16O6. The fraction of sp³-hybridized carbons (Fsp3) is 0.400. The van der Waals surface area contributed by atoms with Gasteiger partial charge in [0.15, 0.2) is 23.6 Å². The van der Waals surface area contributed by atoms with Crippen molar-refractivity contribution in [3.63, 3.8) is 0 Å². The van der Waals surface area contributed by atoms with E-state index in [-0.39, 0.29) is 19.4 Å². The lowest BCUT2D eigenvalue weighted by atomic mass is 9.93. The standard InChI is InChI=1S/C15H16O6/c1-19-20-8-7-12-14(17)13(15(18)21-12)11(16)9-10-5-3-2-4-6-10/h2-6,12-13H,7-9H2,1H3. The SMILES string of the molecule is COOCCC1OC(=O)C(C(=O)Cc2ccccc2)C1=O. The van der Waals surface area contributed by atoms with E-state index in [2.05, 4.69) is 9.78 Å². The number of esters is 1.